The number of nitrogens with two attached hydrogens (primary N) is 1. The van der Waals surface area contributed by atoms with E-state index in [1.165, 1.54) is 11.1 Å². The first-order chi connectivity index (χ1) is 8.24. The van der Waals surface area contributed by atoms with Crippen molar-refractivity contribution in [1.29, 1.82) is 0 Å². The van der Waals surface area contributed by atoms with Gasteiger partial charge in [-0.2, -0.15) is 0 Å². The molecule has 4 heteroatoms. The van der Waals surface area contributed by atoms with Crippen LogP contribution in [0, 0.1) is 6.92 Å². The second-order valence-corrected chi connectivity index (χ2v) is 4.64. The van der Waals surface area contributed by atoms with Gasteiger partial charge >= 0.3 is 0 Å². The van der Waals surface area contributed by atoms with Crippen molar-refractivity contribution < 1.29 is 14.6 Å². The maximum Gasteiger partial charge on any atom is 0.128 e. The van der Waals surface area contributed by atoms with Gasteiger partial charge in [0.15, 0.2) is 0 Å². The van der Waals surface area contributed by atoms with Gasteiger partial charge in [-0.25, -0.2) is 0 Å². The molecule has 0 fully saturated rings. The Balaban J connectivity index is 2.26. The number of fused-ring (bicyclic) bond motifs is 2. The predicted octanol–water partition coefficient (Wildman–Crippen LogP) is 0.857. The van der Waals surface area contributed by atoms with E-state index in [4.69, 9.17) is 15.2 Å². The second-order valence-electron chi connectivity index (χ2n) is 4.64. The van der Waals surface area contributed by atoms with Crippen molar-refractivity contribution in [2.45, 2.75) is 25.8 Å². The highest BCUT2D eigenvalue weighted by Crippen LogP contribution is 2.45. The van der Waals surface area contributed by atoms with Gasteiger partial charge in [-0.1, -0.05) is 0 Å². The lowest BCUT2D eigenvalue weighted by Crippen LogP contribution is -2.17. The standard InChI is InChI=1S/C13H17NO3/c1-7-8-2-4-17-13(8)11(10(14)6-15)9-3-5-16-12(7)9/h10,15H,2-6,14H2,1H3. The fraction of sp³-hybridized carbons (Fsp3) is 0.538. The van der Waals surface area contributed by atoms with E-state index in [1.54, 1.807) is 0 Å². The van der Waals surface area contributed by atoms with E-state index in [2.05, 4.69) is 6.92 Å². The van der Waals surface area contributed by atoms with E-state index in [0.29, 0.717) is 13.2 Å². The molecule has 0 radical (unpaired) electrons. The minimum atomic E-state index is -0.377. The highest BCUT2D eigenvalue weighted by Gasteiger charge is 2.31. The van der Waals surface area contributed by atoms with Gasteiger partial charge in [0.2, 0.25) is 0 Å². The van der Waals surface area contributed by atoms with Crippen molar-refractivity contribution in [1.82, 2.24) is 0 Å². The monoisotopic (exact) mass is 235 g/mol. The van der Waals surface area contributed by atoms with Gasteiger partial charge in [-0.05, 0) is 12.5 Å². The topological polar surface area (TPSA) is 64.7 Å². The van der Waals surface area contributed by atoms with Gasteiger partial charge in [0.1, 0.15) is 11.5 Å². The fourth-order valence-corrected chi connectivity index (χ4v) is 2.86. The Bertz CT molecular complexity index is 435. The highest BCUT2D eigenvalue weighted by atomic mass is 16.5. The van der Waals surface area contributed by atoms with Crippen LogP contribution in [0.1, 0.15) is 28.3 Å². The average molecular weight is 235 g/mol. The molecule has 92 valence electrons. The first-order valence-electron chi connectivity index (χ1n) is 6.04. The minimum Gasteiger partial charge on any atom is -0.493 e. The van der Waals surface area contributed by atoms with E-state index in [1.807, 2.05) is 0 Å². The molecule has 2 heterocycles. The van der Waals surface area contributed by atoms with E-state index in [-0.39, 0.29) is 12.6 Å². The maximum absolute atomic E-state index is 9.30. The molecule has 0 saturated heterocycles. The molecule has 3 N–H and O–H groups in total. The number of rotatable bonds is 2. The van der Waals surface area contributed by atoms with Gasteiger partial charge in [0, 0.05) is 29.5 Å². The van der Waals surface area contributed by atoms with Crippen LogP contribution in [0.3, 0.4) is 0 Å². The van der Waals surface area contributed by atoms with Gasteiger partial charge in [-0.15, -0.1) is 0 Å². The van der Waals surface area contributed by atoms with Gasteiger partial charge in [0.25, 0.3) is 0 Å². The van der Waals surface area contributed by atoms with Crippen LogP contribution >= 0.6 is 0 Å². The van der Waals surface area contributed by atoms with Crippen LogP contribution in [0.25, 0.3) is 0 Å². The third-order valence-corrected chi connectivity index (χ3v) is 3.68. The van der Waals surface area contributed by atoms with E-state index in [0.717, 1.165) is 35.5 Å². The van der Waals surface area contributed by atoms with Crippen LogP contribution in [0.4, 0.5) is 0 Å². The molecule has 0 aliphatic carbocycles. The summed E-state index contributed by atoms with van der Waals surface area (Å²) in [6.45, 7) is 3.41. The summed E-state index contributed by atoms with van der Waals surface area (Å²) < 4.78 is 11.4. The van der Waals surface area contributed by atoms with Crippen molar-refractivity contribution in [3.63, 3.8) is 0 Å². The molecule has 2 aliphatic rings. The SMILES string of the molecule is Cc1c2c(c(C(N)CO)c3c1OCC3)OCC2. The Labute approximate surface area is 100 Å². The molecule has 1 aromatic rings. The Morgan fingerprint density at radius 2 is 1.82 bits per heavy atom. The Morgan fingerprint density at radius 3 is 2.53 bits per heavy atom. The highest BCUT2D eigenvalue weighted by molar-refractivity contribution is 5.62. The first kappa shape index (κ1) is 10.9. The summed E-state index contributed by atoms with van der Waals surface area (Å²) in [7, 11) is 0. The molecule has 0 spiro atoms. The molecule has 1 unspecified atom stereocenters. The molecule has 3 rings (SSSR count). The van der Waals surface area contributed by atoms with Crippen molar-refractivity contribution in [3.05, 3.63) is 22.3 Å². The molecule has 4 nitrogen and oxygen atoms in total. The average Bonchev–Trinajstić information content (AvgIpc) is 2.96. The van der Waals surface area contributed by atoms with Crippen molar-refractivity contribution >= 4 is 0 Å². The van der Waals surface area contributed by atoms with Gasteiger partial charge in [0.05, 0.1) is 25.9 Å². The van der Waals surface area contributed by atoms with Crippen LogP contribution in [-0.4, -0.2) is 24.9 Å². The van der Waals surface area contributed by atoms with Crippen LogP contribution in [-0.2, 0) is 12.8 Å². The minimum absolute atomic E-state index is 0.0642. The molecular weight excluding hydrogens is 218 g/mol. The molecular formula is C13H17NO3. The summed E-state index contributed by atoms with van der Waals surface area (Å²) in [5, 5.41) is 9.30. The number of aliphatic hydroxyl groups excluding tert-OH is 1. The van der Waals surface area contributed by atoms with Crippen molar-refractivity contribution in [2.75, 3.05) is 19.8 Å². The van der Waals surface area contributed by atoms with Gasteiger partial charge < -0.3 is 20.3 Å². The summed E-state index contributed by atoms with van der Waals surface area (Å²) in [4.78, 5) is 0. The third-order valence-electron chi connectivity index (χ3n) is 3.68. The largest absolute Gasteiger partial charge is 0.493 e. The maximum atomic E-state index is 9.30. The molecule has 0 amide bonds. The van der Waals surface area contributed by atoms with Crippen LogP contribution < -0.4 is 15.2 Å². The molecule has 0 bridgehead atoms. The normalized spacial score (nSPS) is 18.3. The zero-order valence-electron chi connectivity index (χ0n) is 9.95. The van der Waals surface area contributed by atoms with E-state index >= 15 is 0 Å². The van der Waals surface area contributed by atoms with E-state index < -0.39 is 0 Å². The molecule has 1 atom stereocenters. The second kappa shape index (κ2) is 3.89. The summed E-state index contributed by atoms with van der Waals surface area (Å²) in [6, 6.07) is -0.377. The Morgan fingerprint density at radius 1 is 1.18 bits per heavy atom. The smallest absolute Gasteiger partial charge is 0.128 e. The molecule has 17 heavy (non-hydrogen) atoms. The summed E-state index contributed by atoms with van der Waals surface area (Å²) in [5.41, 5.74) is 10.5. The Hall–Kier alpha value is -1.26. The van der Waals surface area contributed by atoms with Crippen LogP contribution in [0.15, 0.2) is 0 Å². The molecule has 0 aromatic heterocycles. The third kappa shape index (κ3) is 1.44. The van der Waals surface area contributed by atoms with Crippen molar-refractivity contribution in [3.8, 4) is 11.5 Å². The zero-order chi connectivity index (χ0) is 12.0. The molecule has 2 aliphatic heterocycles. The predicted molar refractivity (Wildman–Crippen MR) is 63.6 cm³/mol. The van der Waals surface area contributed by atoms with Crippen molar-refractivity contribution in [2.24, 2.45) is 5.73 Å². The van der Waals surface area contributed by atoms with Gasteiger partial charge in [-0.3, -0.25) is 0 Å². The summed E-state index contributed by atoms with van der Waals surface area (Å²) in [5.74, 6) is 1.86. The molecule has 1 aromatic carbocycles. The number of ether oxygens (including phenoxy) is 2. The quantitative estimate of drug-likeness (QED) is 0.798. The number of aliphatic hydroxyl groups is 1. The van der Waals surface area contributed by atoms with Crippen LogP contribution in [0.5, 0.6) is 11.5 Å². The van der Waals surface area contributed by atoms with E-state index in [9.17, 15) is 5.11 Å². The first-order valence-corrected chi connectivity index (χ1v) is 6.04. The lowest BCUT2D eigenvalue weighted by atomic mass is 9.91. The number of hydrogen-bond donors (Lipinski definition) is 2. The number of hydrogen-bond acceptors (Lipinski definition) is 4. The summed E-state index contributed by atoms with van der Waals surface area (Å²) >= 11 is 0. The fourth-order valence-electron chi connectivity index (χ4n) is 2.86. The van der Waals surface area contributed by atoms with Crippen LogP contribution in [0.2, 0.25) is 0 Å². The lowest BCUT2D eigenvalue weighted by Gasteiger charge is -2.19. The summed E-state index contributed by atoms with van der Waals surface area (Å²) in [6.07, 6.45) is 1.76. The Kier molecular flexibility index (Phi) is 2.49. The molecule has 0 saturated carbocycles. The number of benzene rings is 1. The zero-order valence-corrected chi connectivity index (χ0v) is 9.95. The lowest BCUT2D eigenvalue weighted by molar-refractivity contribution is 0.263.